The lowest BCUT2D eigenvalue weighted by Crippen LogP contribution is -2.48. The van der Waals surface area contributed by atoms with Crippen LogP contribution in [-0.2, 0) is 4.79 Å². The van der Waals surface area contributed by atoms with Crippen molar-refractivity contribution in [3.63, 3.8) is 0 Å². The van der Waals surface area contributed by atoms with Crippen LogP contribution in [0.4, 0.5) is 11.6 Å². The maximum atomic E-state index is 13.0. The van der Waals surface area contributed by atoms with Crippen LogP contribution in [-0.4, -0.2) is 50.1 Å². The van der Waals surface area contributed by atoms with Crippen LogP contribution >= 0.6 is 0 Å². The molecule has 0 aromatic carbocycles. The van der Waals surface area contributed by atoms with E-state index in [1.807, 2.05) is 30.9 Å². The molecule has 8 heteroatoms. The topological polar surface area (TPSA) is 98.8 Å². The highest BCUT2D eigenvalue weighted by Gasteiger charge is 2.35. The minimum absolute atomic E-state index is 0.0180. The zero-order valence-electron chi connectivity index (χ0n) is 16.0. The van der Waals surface area contributed by atoms with E-state index in [1.54, 1.807) is 0 Å². The Kier molecular flexibility index (Phi) is 5.07. The summed E-state index contributed by atoms with van der Waals surface area (Å²) in [4.78, 5) is 24.2. The third kappa shape index (κ3) is 3.95. The SMILES string of the molecule is Cc1nc(Nc2cc(C)[nH]n2)cc(C2CCCN2C(=O)C2CCCCN2)n1. The van der Waals surface area contributed by atoms with Gasteiger partial charge in [0.15, 0.2) is 5.82 Å². The van der Waals surface area contributed by atoms with Crippen LogP contribution < -0.4 is 10.6 Å². The fraction of sp³-hybridized carbons (Fsp3) is 0.579. The number of nitrogens with one attached hydrogen (secondary N) is 3. The molecule has 2 aromatic heterocycles. The molecule has 2 aliphatic rings. The summed E-state index contributed by atoms with van der Waals surface area (Å²) >= 11 is 0. The maximum absolute atomic E-state index is 13.0. The highest BCUT2D eigenvalue weighted by molar-refractivity contribution is 5.82. The number of nitrogens with zero attached hydrogens (tertiary/aromatic N) is 4. The molecule has 2 aliphatic heterocycles. The quantitative estimate of drug-likeness (QED) is 0.765. The summed E-state index contributed by atoms with van der Waals surface area (Å²) in [6, 6.07) is 3.84. The van der Waals surface area contributed by atoms with Gasteiger partial charge in [-0.2, -0.15) is 5.10 Å². The fourth-order valence-corrected chi connectivity index (χ4v) is 4.04. The Morgan fingerprint density at radius 1 is 1.15 bits per heavy atom. The Hall–Kier alpha value is -2.48. The monoisotopic (exact) mass is 369 g/mol. The van der Waals surface area contributed by atoms with E-state index in [0.29, 0.717) is 11.6 Å². The summed E-state index contributed by atoms with van der Waals surface area (Å²) < 4.78 is 0. The third-order valence-corrected chi connectivity index (χ3v) is 5.31. The molecule has 3 N–H and O–H groups in total. The second-order valence-corrected chi connectivity index (χ2v) is 7.48. The molecule has 0 aliphatic carbocycles. The lowest BCUT2D eigenvalue weighted by molar-refractivity contribution is -0.135. The Bertz CT molecular complexity index is 812. The molecule has 2 saturated heterocycles. The van der Waals surface area contributed by atoms with Gasteiger partial charge in [0.25, 0.3) is 0 Å². The van der Waals surface area contributed by atoms with Gasteiger partial charge in [0, 0.05) is 24.4 Å². The number of aryl methyl sites for hydroxylation is 2. The summed E-state index contributed by atoms with van der Waals surface area (Å²) in [5.74, 6) is 2.34. The number of hydrogen-bond donors (Lipinski definition) is 3. The van der Waals surface area contributed by atoms with E-state index in [9.17, 15) is 4.79 Å². The van der Waals surface area contributed by atoms with Crippen molar-refractivity contribution >= 4 is 17.5 Å². The van der Waals surface area contributed by atoms with Gasteiger partial charge in [-0.3, -0.25) is 9.89 Å². The molecule has 2 aromatic rings. The van der Waals surface area contributed by atoms with Crippen molar-refractivity contribution in [2.45, 2.75) is 58.0 Å². The smallest absolute Gasteiger partial charge is 0.240 e. The summed E-state index contributed by atoms with van der Waals surface area (Å²) in [6.07, 6.45) is 5.14. The summed E-state index contributed by atoms with van der Waals surface area (Å²) in [6.45, 7) is 5.56. The lowest BCUT2D eigenvalue weighted by Gasteiger charge is -2.31. The highest BCUT2D eigenvalue weighted by atomic mass is 16.2. The van der Waals surface area contributed by atoms with Gasteiger partial charge in [0.05, 0.1) is 17.8 Å². The molecule has 1 amide bonds. The predicted molar refractivity (Wildman–Crippen MR) is 103 cm³/mol. The molecular weight excluding hydrogens is 342 g/mol. The predicted octanol–water partition coefficient (Wildman–Crippen LogP) is 2.37. The molecule has 144 valence electrons. The molecule has 0 spiro atoms. The van der Waals surface area contributed by atoms with Gasteiger partial charge in [-0.15, -0.1) is 0 Å². The van der Waals surface area contributed by atoms with E-state index in [0.717, 1.165) is 62.4 Å². The van der Waals surface area contributed by atoms with Gasteiger partial charge in [-0.1, -0.05) is 6.42 Å². The molecule has 0 radical (unpaired) electrons. The van der Waals surface area contributed by atoms with Gasteiger partial charge < -0.3 is 15.5 Å². The molecule has 4 heterocycles. The fourth-order valence-electron chi connectivity index (χ4n) is 4.04. The molecule has 2 unspecified atom stereocenters. The van der Waals surface area contributed by atoms with Crippen molar-refractivity contribution < 1.29 is 4.79 Å². The van der Waals surface area contributed by atoms with Crippen molar-refractivity contribution in [2.75, 3.05) is 18.4 Å². The van der Waals surface area contributed by atoms with Crippen molar-refractivity contribution in [3.8, 4) is 0 Å². The first-order chi connectivity index (χ1) is 13.1. The molecule has 27 heavy (non-hydrogen) atoms. The second kappa shape index (κ2) is 7.64. The first-order valence-corrected chi connectivity index (χ1v) is 9.78. The molecule has 8 nitrogen and oxygen atoms in total. The Balaban J connectivity index is 1.55. The molecule has 2 fully saturated rings. The lowest BCUT2D eigenvalue weighted by atomic mass is 10.0. The van der Waals surface area contributed by atoms with Gasteiger partial charge in [0.2, 0.25) is 5.91 Å². The average Bonchev–Trinajstić information content (AvgIpc) is 3.30. The number of likely N-dealkylation sites (tertiary alicyclic amines) is 1. The van der Waals surface area contributed by atoms with Crippen LogP contribution in [0.5, 0.6) is 0 Å². The molecular formula is C19H27N7O. The number of H-pyrrole nitrogens is 1. The van der Waals surface area contributed by atoms with E-state index in [4.69, 9.17) is 0 Å². The summed E-state index contributed by atoms with van der Waals surface area (Å²) in [7, 11) is 0. The van der Waals surface area contributed by atoms with Gasteiger partial charge in [-0.05, 0) is 46.1 Å². The third-order valence-electron chi connectivity index (χ3n) is 5.31. The Labute approximate surface area is 159 Å². The average molecular weight is 369 g/mol. The molecule has 0 bridgehead atoms. The number of aromatic nitrogens is 4. The standard InChI is InChI=1S/C19H27N7O/c1-12-10-18(25-24-12)23-17-11-15(21-13(2)22-17)16-7-5-9-26(16)19(27)14-6-3-4-8-20-14/h10-11,14,16,20H,3-9H2,1-2H3,(H2,21,22,23,24,25). The minimum atomic E-state index is -0.0492. The number of amides is 1. The van der Waals surface area contributed by atoms with Crippen LogP contribution in [0.1, 0.15) is 55.4 Å². The van der Waals surface area contributed by atoms with Gasteiger partial charge in [0.1, 0.15) is 11.6 Å². The van der Waals surface area contributed by atoms with Crippen LogP contribution in [0.25, 0.3) is 0 Å². The zero-order chi connectivity index (χ0) is 18.8. The number of anilines is 2. The summed E-state index contributed by atoms with van der Waals surface area (Å²) in [5.41, 5.74) is 1.88. The van der Waals surface area contributed by atoms with Crippen molar-refractivity contribution in [2.24, 2.45) is 0 Å². The normalized spacial score (nSPS) is 22.8. The minimum Gasteiger partial charge on any atom is -0.333 e. The van der Waals surface area contributed by atoms with Crippen molar-refractivity contribution in [1.82, 2.24) is 30.4 Å². The Morgan fingerprint density at radius 2 is 2.04 bits per heavy atom. The number of aromatic amines is 1. The van der Waals surface area contributed by atoms with Crippen molar-refractivity contribution in [1.29, 1.82) is 0 Å². The number of rotatable bonds is 4. The van der Waals surface area contributed by atoms with Crippen LogP contribution in [0.3, 0.4) is 0 Å². The van der Waals surface area contributed by atoms with E-state index < -0.39 is 0 Å². The van der Waals surface area contributed by atoms with Crippen LogP contribution in [0.2, 0.25) is 0 Å². The van der Waals surface area contributed by atoms with Crippen LogP contribution in [0.15, 0.2) is 12.1 Å². The highest BCUT2D eigenvalue weighted by Crippen LogP contribution is 2.33. The largest absolute Gasteiger partial charge is 0.333 e. The summed E-state index contributed by atoms with van der Waals surface area (Å²) in [5, 5.41) is 13.7. The molecule has 0 saturated carbocycles. The van der Waals surface area contributed by atoms with E-state index in [2.05, 4.69) is 30.8 Å². The van der Waals surface area contributed by atoms with Gasteiger partial charge >= 0.3 is 0 Å². The number of piperidine rings is 1. The number of carbonyl (C=O) groups is 1. The Morgan fingerprint density at radius 3 is 2.78 bits per heavy atom. The zero-order valence-corrected chi connectivity index (χ0v) is 16.0. The molecule has 4 rings (SSSR count). The van der Waals surface area contributed by atoms with E-state index >= 15 is 0 Å². The van der Waals surface area contributed by atoms with Crippen molar-refractivity contribution in [3.05, 3.63) is 29.3 Å². The number of hydrogen-bond acceptors (Lipinski definition) is 6. The number of carbonyl (C=O) groups excluding carboxylic acids is 1. The van der Waals surface area contributed by atoms with E-state index in [1.165, 1.54) is 0 Å². The first-order valence-electron chi connectivity index (χ1n) is 9.78. The maximum Gasteiger partial charge on any atom is 0.240 e. The second-order valence-electron chi connectivity index (χ2n) is 7.48. The first kappa shape index (κ1) is 17.9. The van der Waals surface area contributed by atoms with E-state index in [-0.39, 0.29) is 18.0 Å². The van der Waals surface area contributed by atoms with Crippen LogP contribution in [0, 0.1) is 13.8 Å². The molecule has 2 atom stereocenters. The van der Waals surface area contributed by atoms with Gasteiger partial charge in [-0.25, -0.2) is 9.97 Å².